The fourth-order valence-corrected chi connectivity index (χ4v) is 3.86. The van der Waals surface area contributed by atoms with Crippen molar-refractivity contribution in [2.24, 2.45) is 5.73 Å². The number of benzene rings is 1. The van der Waals surface area contributed by atoms with Crippen LogP contribution < -0.4 is 10.6 Å². The Bertz CT molecular complexity index is 818. The molecule has 146 valence electrons. The molecular weight excluding hydrogens is 364 g/mol. The molecule has 0 bridgehead atoms. The summed E-state index contributed by atoms with van der Waals surface area (Å²) in [6.07, 6.45) is 4.32. The maximum atomic E-state index is 12.7. The van der Waals surface area contributed by atoms with Crippen LogP contribution in [0, 0.1) is 0 Å². The highest BCUT2D eigenvalue weighted by molar-refractivity contribution is 5.97. The first-order valence-electron chi connectivity index (χ1n) is 9.54. The second-order valence-corrected chi connectivity index (χ2v) is 7.74. The van der Waals surface area contributed by atoms with E-state index in [1.54, 1.807) is 0 Å². The summed E-state index contributed by atoms with van der Waals surface area (Å²) < 4.78 is 5.48. The van der Waals surface area contributed by atoms with Crippen molar-refractivity contribution in [3.63, 3.8) is 0 Å². The fourth-order valence-electron chi connectivity index (χ4n) is 3.86. The van der Waals surface area contributed by atoms with Gasteiger partial charge in [-0.25, -0.2) is 0 Å². The zero-order valence-corrected chi connectivity index (χ0v) is 16.7. The van der Waals surface area contributed by atoms with Gasteiger partial charge in [-0.2, -0.15) is 4.98 Å². The molecule has 27 heavy (non-hydrogen) atoms. The molecule has 6 nitrogen and oxygen atoms in total. The van der Waals surface area contributed by atoms with E-state index in [1.165, 1.54) is 5.56 Å². The number of hydrogen-bond acceptors (Lipinski definition) is 5. The lowest BCUT2D eigenvalue weighted by atomic mass is 9.77. The molecular formula is C20H27ClN4O2. The second-order valence-electron chi connectivity index (χ2n) is 7.74. The standard InChI is InChI=1S/C20H26N4O2.ClH/c1-3-13(2)15-7-4-5-8-16(15)24-12-14(11-17(24)25)18-22-19(23-26-18)20(21)9-6-10-20;/h4-5,7-8,13-14H,3,6,9-12,21H2,1-2H3;1H. The minimum Gasteiger partial charge on any atom is -0.339 e. The van der Waals surface area contributed by atoms with E-state index < -0.39 is 5.54 Å². The Morgan fingerprint density at radius 2 is 2.11 bits per heavy atom. The molecule has 4 rings (SSSR count). The van der Waals surface area contributed by atoms with Gasteiger partial charge in [-0.05, 0) is 43.2 Å². The Hall–Kier alpha value is -1.92. The Balaban J connectivity index is 0.00000210. The van der Waals surface area contributed by atoms with Crippen LogP contribution in [0.1, 0.15) is 75.1 Å². The molecule has 7 heteroatoms. The van der Waals surface area contributed by atoms with Gasteiger partial charge in [-0.3, -0.25) is 4.79 Å². The van der Waals surface area contributed by atoms with Crippen molar-refractivity contribution in [3.05, 3.63) is 41.5 Å². The Morgan fingerprint density at radius 1 is 1.37 bits per heavy atom. The van der Waals surface area contributed by atoms with Gasteiger partial charge in [0.25, 0.3) is 0 Å². The van der Waals surface area contributed by atoms with Crippen LogP contribution >= 0.6 is 12.4 Å². The quantitative estimate of drug-likeness (QED) is 0.837. The normalized spacial score (nSPS) is 22.3. The van der Waals surface area contributed by atoms with Crippen molar-refractivity contribution in [2.45, 2.75) is 63.3 Å². The predicted molar refractivity (Wildman–Crippen MR) is 106 cm³/mol. The first kappa shape index (κ1) is 19.8. The predicted octanol–water partition coefficient (Wildman–Crippen LogP) is 3.86. The number of nitrogens with two attached hydrogens (primary N) is 1. The van der Waals surface area contributed by atoms with E-state index in [1.807, 2.05) is 23.1 Å². The lowest BCUT2D eigenvalue weighted by molar-refractivity contribution is -0.117. The van der Waals surface area contributed by atoms with E-state index >= 15 is 0 Å². The van der Waals surface area contributed by atoms with E-state index in [2.05, 4.69) is 30.1 Å². The van der Waals surface area contributed by atoms with Crippen molar-refractivity contribution in [1.29, 1.82) is 0 Å². The van der Waals surface area contributed by atoms with Gasteiger partial charge in [0.1, 0.15) is 0 Å². The van der Waals surface area contributed by atoms with Crippen LogP contribution in [0.5, 0.6) is 0 Å². The average Bonchev–Trinajstić information content (AvgIpc) is 3.26. The van der Waals surface area contributed by atoms with E-state index in [0.29, 0.717) is 30.6 Å². The lowest BCUT2D eigenvalue weighted by Crippen LogP contribution is -2.44. The summed E-state index contributed by atoms with van der Waals surface area (Å²) in [6, 6.07) is 8.17. The fraction of sp³-hybridized carbons (Fsp3) is 0.550. The minimum absolute atomic E-state index is 0. The van der Waals surface area contributed by atoms with Crippen molar-refractivity contribution in [3.8, 4) is 0 Å². The van der Waals surface area contributed by atoms with E-state index in [0.717, 1.165) is 31.4 Å². The number of halogens is 1. The number of rotatable bonds is 5. The third-order valence-electron chi connectivity index (χ3n) is 5.98. The summed E-state index contributed by atoms with van der Waals surface area (Å²) in [7, 11) is 0. The van der Waals surface area contributed by atoms with Crippen LogP contribution in [0.3, 0.4) is 0 Å². The van der Waals surface area contributed by atoms with E-state index in [-0.39, 0.29) is 24.2 Å². The average molecular weight is 391 g/mol. The van der Waals surface area contributed by atoms with Crippen LogP contribution in [-0.4, -0.2) is 22.6 Å². The molecule has 1 saturated heterocycles. The zero-order chi connectivity index (χ0) is 18.3. The molecule has 2 atom stereocenters. The highest BCUT2D eigenvalue weighted by Gasteiger charge is 2.41. The first-order valence-corrected chi connectivity index (χ1v) is 9.54. The molecule has 2 aliphatic rings. The van der Waals surface area contributed by atoms with Crippen LogP contribution in [0.25, 0.3) is 0 Å². The molecule has 2 unspecified atom stereocenters. The molecule has 1 aromatic carbocycles. The summed E-state index contributed by atoms with van der Waals surface area (Å²) in [5.41, 5.74) is 8.07. The smallest absolute Gasteiger partial charge is 0.232 e. The third kappa shape index (κ3) is 3.48. The molecule has 2 N–H and O–H groups in total. The second kappa shape index (κ2) is 7.60. The minimum atomic E-state index is -0.437. The van der Waals surface area contributed by atoms with Gasteiger partial charge >= 0.3 is 0 Å². The molecule has 1 amide bonds. The molecule has 0 radical (unpaired) electrons. The van der Waals surface area contributed by atoms with E-state index in [4.69, 9.17) is 10.3 Å². The summed E-state index contributed by atoms with van der Waals surface area (Å²) in [4.78, 5) is 19.1. The first-order chi connectivity index (χ1) is 12.5. The van der Waals surface area contributed by atoms with Gasteiger partial charge in [-0.1, -0.05) is 37.2 Å². The Labute approximate surface area is 165 Å². The van der Waals surface area contributed by atoms with Gasteiger partial charge in [0.15, 0.2) is 5.82 Å². The summed E-state index contributed by atoms with van der Waals surface area (Å²) in [5, 5.41) is 4.10. The van der Waals surface area contributed by atoms with Gasteiger partial charge in [0, 0.05) is 18.7 Å². The maximum absolute atomic E-state index is 12.7. The van der Waals surface area contributed by atoms with Crippen molar-refractivity contribution < 1.29 is 9.32 Å². The van der Waals surface area contributed by atoms with Crippen LogP contribution in [0.2, 0.25) is 0 Å². The number of amides is 1. The summed E-state index contributed by atoms with van der Waals surface area (Å²) in [5.74, 6) is 1.57. The monoisotopic (exact) mass is 390 g/mol. The molecule has 1 saturated carbocycles. The van der Waals surface area contributed by atoms with Gasteiger partial charge in [-0.15, -0.1) is 12.4 Å². The number of hydrogen-bond donors (Lipinski definition) is 1. The summed E-state index contributed by atoms with van der Waals surface area (Å²) in [6.45, 7) is 4.94. The number of para-hydroxylation sites is 1. The molecule has 1 aliphatic carbocycles. The van der Waals surface area contributed by atoms with Gasteiger partial charge in [0.2, 0.25) is 11.8 Å². The van der Waals surface area contributed by atoms with Gasteiger partial charge < -0.3 is 15.2 Å². The SMILES string of the molecule is CCC(C)c1ccccc1N1CC(c2nc(C3(N)CCC3)no2)CC1=O.Cl. The molecule has 0 spiro atoms. The molecule has 1 aliphatic heterocycles. The molecule has 1 aromatic heterocycles. The topological polar surface area (TPSA) is 85.2 Å². The number of carbonyl (C=O) groups excluding carboxylic acids is 1. The largest absolute Gasteiger partial charge is 0.339 e. The molecule has 2 aromatic rings. The van der Waals surface area contributed by atoms with Crippen LogP contribution in [-0.2, 0) is 10.3 Å². The van der Waals surface area contributed by atoms with E-state index in [9.17, 15) is 4.79 Å². The molecule has 2 heterocycles. The molecule has 2 fully saturated rings. The van der Waals surface area contributed by atoms with Crippen molar-refractivity contribution >= 4 is 24.0 Å². The van der Waals surface area contributed by atoms with Crippen molar-refractivity contribution in [1.82, 2.24) is 10.1 Å². The highest BCUT2D eigenvalue weighted by Crippen LogP contribution is 2.39. The number of carbonyl (C=O) groups is 1. The van der Waals surface area contributed by atoms with Crippen molar-refractivity contribution in [2.75, 3.05) is 11.4 Å². The summed E-state index contributed by atoms with van der Waals surface area (Å²) >= 11 is 0. The zero-order valence-electron chi connectivity index (χ0n) is 15.9. The Kier molecular flexibility index (Phi) is 5.58. The maximum Gasteiger partial charge on any atom is 0.232 e. The lowest BCUT2D eigenvalue weighted by Gasteiger charge is -2.34. The number of aromatic nitrogens is 2. The third-order valence-corrected chi connectivity index (χ3v) is 5.98. The number of anilines is 1. The Morgan fingerprint density at radius 3 is 2.78 bits per heavy atom. The van der Waals surface area contributed by atoms with Gasteiger partial charge in [0.05, 0.1) is 11.5 Å². The highest BCUT2D eigenvalue weighted by atomic mass is 35.5. The van der Waals surface area contributed by atoms with Crippen LogP contribution in [0.15, 0.2) is 28.8 Å². The number of nitrogens with zero attached hydrogens (tertiary/aromatic N) is 3. The van der Waals surface area contributed by atoms with Crippen LogP contribution in [0.4, 0.5) is 5.69 Å².